The average Bonchev–Trinajstić information content (AvgIpc) is 2.09. The van der Waals surface area contributed by atoms with E-state index in [0.717, 1.165) is 10.7 Å². The maximum absolute atomic E-state index is 5.70. The van der Waals surface area contributed by atoms with Crippen LogP contribution in [-0.2, 0) is 4.84 Å². The van der Waals surface area contributed by atoms with Crippen molar-refractivity contribution in [2.75, 3.05) is 18.5 Å². The molecule has 0 bridgehead atoms. The van der Waals surface area contributed by atoms with Crippen molar-refractivity contribution in [2.24, 2.45) is 5.90 Å². The topological polar surface area (TPSA) is 47.3 Å². The highest BCUT2D eigenvalue weighted by Gasteiger charge is 1.90. The van der Waals surface area contributed by atoms with E-state index in [9.17, 15) is 0 Å². The van der Waals surface area contributed by atoms with Crippen LogP contribution in [0.15, 0.2) is 24.3 Å². The molecule has 4 heteroatoms. The maximum atomic E-state index is 5.70. The van der Waals surface area contributed by atoms with Gasteiger partial charge in [-0.05, 0) is 24.3 Å². The van der Waals surface area contributed by atoms with Gasteiger partial charge in [-0.2, -0.15) is 0 Å². The van der Waals surface area contributed by atoms with Crippen LogP contribution in [0.25, 0.3) is 0 Å². The van der Waals surface area contributed by atoms with Gasteiger partial charge in [-0.25, -0.2) is 5.90 Å². The van der Waals surface area contributed by atoms with Gasteiger partial charge < -0.3 is 10.2 Å². The lowest BCUT2D eigenvalue weighted by Crippen LogP contribution is -2.12. The van der Waals surface area contributed by atoms with Crippen LogP contribution in [0.2, 0.25) is 5.02 Å². The molecule has 0 aliphatic rings. The number of hydrogen-bond donors (Lipinski definition) is 2. The lowest BCUT2D eigenvalue weighted by molar-refractivity contribution is 0.148. The molecule has 0 heterocycles. The Morgan fingerprint density at radius 2 is 2.00 bits per heavy atom. The van der Waals surface area contributed by atoms with E-state index in [1.165, 1.54) is 0 Å². The molecule has 3 N–H and O–H groups in total. The fraction of sp³-hybridized carbons (Fsp3) is 0.250. The van der Waals surface area contributed by atoms with Crippen molar-refractivity contribution in [3.05, 3.63) is 29.3 Å². The predicted octanol–water partition coefficient (Wildman–Crippen LogP) is 1.64. The van der Waals surface area contributed by atoms with Crippen LogP contribution in [0.3, 0.4) is 0 Å². The fourth-order valence-electron chi connectivity index (χ4n) is 0.822. The normalized spacial score (nSPS) is 9.83. The van der Waals surface area contributed by atoms with Crippen molar-refractivity contribution in [2.45, 2.75) is 0 Å². The summed E-state index contributed by atoms with van der Waals surface area (Å²) in [6.07, 6.45) is 0. The van der Waals surface area contributed by atoms with Gasteiger partial charge in [0.2, 0.25) is 0 Å². The van der Waals surface area contributed by atoms with E-state index in [4.69, 9.17) is 17.5 Å². The van der Waals surface area contributed by atoms with Gasteiger partial charge in [-0.3, -0.25) is 0 Å². The second-order valence-corrected chi connectivity index (χ2v) is 2.74. The van der Waals surface area contributed by atoms with Crippen molar-refractivity contribution in [3.63, 3.8) is 0 Å². The Bertz CT molecular complexity index is 225. The second-order valence-electron chi connectivity index (χ2n) is 2.30. The van der Waals surface area contributed by atoms with Gasteiger partial charge in [0.15, 0.2) is 0 Å². The van der Waals surface area contributed by atoms with Gasteiger partial charge in [-0.15, -0.1) is 0 Å². The molecular formula is C8H11ClN2O. The SMILES string of the molecule is NOCCNc1ccc(Cl)cc1. The minimum Gasteiger partial charge on any atom is -0.383 e. The minimum atomic E-state index is 0.489. The summed E-state index contributed by atoms with van der Waals surface area (Å²) >= 11 is 5.70. The molecule has 0 fully saturated rings. The summed E-state index contributed by atoms with van der Waals surface area (Å²) in [5.74, 6) is 4.86. The molecule has 0 unspecified atom stereocenters. The van der Waals surface area contributed by atoms with Crippen LogP contribution in [0.4, 0.5) is 5.69 Å². The number of halogens is 1. The molecule has 66 valence electrons. The zero-order valence-corrected chi connectivity index (χ0v) is 7.34. The van der Waals surface area contributed by atoms with Crippen LogP contribution in [-0.4, -0.2) is 13.2 Å². The van der Waals surface area contributed by atoms with Crippen LogP contribution in [0, 0.1) is 0 Å². The van der Waals surface area contributed by atoms with E-state index in [-0.39, 0.29) is 0 Å². The zero-order chi connectivity index (χ0) is 8.81. The molecule has 1 rings (SSSR count). The molecular weight excluding hydrogens is 176 g/mol. The van der Waals surface area contributed by atoms with Gasteiger partial charge in [0.1, 0.15) is 0 Å². The van der Waals surface area contributed by atoms with E-state index in [0.29, 0.717) is 13.2 Å². The number of benzene rings is 1. The predicted molar refractivity (Wildman–Crippen MR) is 50.1 cm³/mol. The second kappa shape index (κ2) is 4.98. The van der Waals surface area contributed by atoms with Crippen molar-refractivity contribution in [1.82, 2.24) is 0 Å². The maximum Gasteiger partial charge on any atom is 0.0851 e. The Labute approximate surface area is 76.4 Å². The van der Waals surface area contributed by atoms with Crippen molar-refractivity contribution >= 4 is 17.3 Å². The Balaban J connectivity index is 2.37. The van der Waals surface area contributed by atoms with E-state index >= 15 is 0 Å². The Morgan fingerprint density at radius 1 is 1.33 bits per heavy atom. The van der Waals surface area contributed by atoms with E-state index in [2.05, 4.69) is 10.2 Å². The van der Waals surface area contributed by atoms with Crippen molar-refractivity contribution < 1.29 is 4.84 Å². The molecule has 0 amide bonds. The summed E-state index contributed by atoms with van der Waals surface area (Å²) in [6.45, 7) is 1.18. The molecule has 0 aliphatic heterocycles. The van der Waals surface area contributed by atoms with E-state index < -0.39 is 0 Å². The first-order valence-corrected chi connectivity index (χ1v) is 4.02. The number of hydrogen-bond acceptors (Lipinski definition) is 3. The third-order valence-electron chi connectivity index (χ3n) is 1.39. The largest absolute Gasteiger partial charge is 0.383 e. The molecule has 0 saturated carbocycles. The summed E-state index contributed by atoms with van der Waals surface area (Å²) in [6, 6.07) is 7.46. The number of nitrogens with two attached hydrogens (primary N) is 1. The monoisotopic (exact) mass is 186 g/mol. The molecule has 1 aromatic rings. The first-order chi connectivity index (χ1) is 5.83. The van der Waals surface area contributed by atoms with Crippen molar-refractivity contribution in [3.8, 4) is 0 Å². The highest BCUT2D eigenvalue weighted by atomic mass is 35.5. The number of rotatable bonds is 4. The number of anilines is 1. The van der Waals surface area contributed by atoms with Gasteiger partial charge in [0, 0.05) is 17.3 Å². The summed E-state index contributed by atoms with van der Waals surface area (Å²) in [4.78, 5) is 4.40. The van der Waals surface area contributed by atoms with Crippen LogP contribution in [0.5, 0.6) is 0 Å². The summed E-state index contributed by atoms with van der Waals surface area (Å²) < 4.78 is 0. The average molecular weight is 187 g/mol. The van der Waals surface area contributed by atoms with Crippen LogP contribution in [0.1, 0.15) is 0 Å². The van der Waals surface area contributed by atoms with Crippen LogP contribution < -0.4 is 11.2 Å². The molecule has 0 spiro atoms. The molecule has 12 heavy (non-hydrogen) atoms. The first-order valence-electron chi connectivity index (χ1n) is 3.64. The Hall–Kier alpha value is -0.770. The smallest absolute Gasteiger partial charge is 0.0851 e. The molecule has 0 saturated heterocycles. The molecule has 0 aliphatic carbocycles. The van der Waals surface area contributed by atoms with Gasteiger partial charge in [-0.1, -0.05) is 11.6 Å². The molecule has 0 aromatic heterocycles. The third-order valence-corrected chi connectivity index (χ3v) is 1.65. The quantitative estimate of drug-likeness (QED) is 0.555. The zero-order valence-electron chi connectivity index (χ0n) is 6.59. The Morgan fingerprint density at radius 3 is 2.58 bits per heavy atom. The summed E-state index contributed by atoms with van der Waals surface area (Å²) in [5, 5.41) is 3.84. The molecule has 0 atom stereocenters. The van der Waals surface area contributed by atoms with Crippen molar-refractivity contribution in [1.29, 1.82) is 0 Å². The standard InChI is InChI=1S/C8H11ClN2O/c9-7-1-3-8(4-2-7)11-5-6-12-10/h1-4,11H,5-6,10H2. The Kier molecular flexibility index (Phi) is 3.87. The van der Waals surface area contributed by atoms with Crippen LogP contribution >= 0.6 is 11.6 Å². The summed E-state index contributed by atoms with van der Waals surface area (Å²) in [7, 11) is 0. The van der Waals surface area contributed by atoms with E-state index in [1.807, 2.05) is 24.3 Å². The third kappa shape index (κ3) is 3.09. The lowest BCUT2D eigenvalue weighted by Gasteiger charge is -2.04. The first kappa shape index (κ1) is 9.32. The minimum absolute atomic E-state index is 0.489. The number of nitrogens with one attached hydrogen (secondary N) is 1. The van der Waals surface area contributed by atoms with E-state index in [1.54, 1.807) is 0 Å². The fourth-order valence-corrected chi connectivity index (χ4v) is 0.948. The highest BCUT2D eigenvalue weighted by Crippen LogP contribution is 2.12. The van der Waals surface area contributed by atoms with Gasteiger partial charge in [0.05, 0.1) is 6.61 Å². The molecule has 0 radical (unpaired) electrons. The molecule has 1 aromatic carbocycles. The molecule has 3 nitrogen and oxygen atoms in total. The summed E-state index contributed by atoms with van der Waals surface area (Å²) in [5.41, 5.74) is 1.01. The van der Waals surface area contributed by atoms with Gasteiger partial charge in [0.25, 0.3) is 0 Å². The highest BCUT2D eigenvalue weighted by molar-refractivity contribution is 6.30. The van der Waals surface area contributed by atoms with Gasteiger partial charge >= 0.3 is 0 Å². The lowest BCUT2D eigenvalue weighted by atomic mass is 10.3.